The molecule has 15 heavy (non-hydrogen) atoms. The zero-order chi connectivity index (χ0) is 10.8. The van der Waals surface area contributed by atoms with Crippen molar-refractivity contribution < 1.29 is 4.42 Å². The summed E-state index contributed by atoms with van der Waals surface area (Å²) in [6.45, 7) is 2.49. The van der Waals surface area contributed by atoms with Gasteiger partial charge in [-0.25, -0.2) is 4.98 Å². The second-order valence-corrected chi connectivity index (χ2v) is 3.45. The van der Waals surface area contributed by atoms with E-state index in [4.69, 9.17) is 10.2 Å². The second kappa shape index (κ2) is 3.86. The van der Waals surface area contributed by atoms with E-state index >= 15 is 0 Å². The van der Waals surface area contributed by atoms with Gasteiger partial charge in [0.1, 0.15) is 5.69 Å². The zero-order valence-electron chi connectivity index (χ0n) is 8.90. The van der Waals surface area contributed by atoms with Crippen molar-refractivity contribution in [3.8, 4) is 11.5 Å². The molecule has 2 rings (SSSR count). The molecule has 0 saturated carbocycles. The second-order valence-electron chi connectivity index (χ2n) is 3.45. The maximum absolute atomic E-state index is 5.55. The molecule has 2 heterocycles. The van der Waals surface area contributed by atoms with Crippen molar-refractivity contribution in [2.45, 2.75) is 13.3 Å². The summed E-state index contributed by atoms with van der Waals surface area (Å²) >= 11 is 0. The number of oxazole rings is 1. The van der Waals surface area contributed by atoms with Crippen LogP contribution in [0.1, 0.15) is 11.6 Å². The van der Waals surface area contributed by atoms with Crippen molar-refractivity contribution in [1.82, 2.24) is 14.8 Å². The Hall–Kier alpha value is -1.62. The lowest BCUT2D eigenvalue weighted by atomic mass is 10.3. The molecule has 0 amide bonds. The summed E-state index contributed by atoms with van der Waals surface area (Å²) in [7, 11) is 1.88. The van der Waals surface area contributed by atoms with Crippen LogP contribution in [0.4, 0.5) is 0 Å². The Balaban J connectivity index is 2.32. The molecule has 0 saturated heterocycles. The van der Waals surface area contributed by atoms with Crippen LogP contribution in [0.25, 0.3) is 11.5 Å². The highest BCUT2D eigenvalue weighted by Crippen LogP contribution is 2.20. The molecule has 0 aliphatic rings. The minimum Gasteiger partial charge on any atom is -0.439 e. The van der Waals surface area contributed by atoms with Crippen molar-refractivity contribution in [2.24, 2.45) is 12.8 Å². The molecular weight excluding hydrogens is 192 g/mol. The van der Waals surface area contributed by atoms with Crippen LogP contribution in [0.3, 0.4) is 0 Å². The predicted octanol–water partition coefficient (Wildman–Crippen LogP) is 0.885. The molecule has 2 aromatic rings. The van der Waals surface area contributed by atoms with Crippen LogP contribution in [-0.2, 0) is 13.5 Å². The van der Waals surface area contributed by atoms with Gasteiger partial charge in [-0.1, -0.05) is 0 Å². The summed E-state index contributed by atoms with van der Waals surface area (Å²) in [4.78, 5) is 4.14. The van der Waals surface area contributed by atoms with Gasteiger partial charge in [0.2, 0.25) is 0 Å². The smallest absolute Gasteiger partial charge is 0.196 e. The Morgan fingerprint density at radius 3 is 2.93 bits per heavy atom. The third-order valence-corrected chi connectivity index (χ3v) is 2.17. The largest absolute Gasteiger partial charge is 0.439 e. The van der Waals surface area contributed by atoms with Crippen LogP contribution in [0.15, 0.2) is 16.7 Å². The molecule has 0 bridgehead atoms. The lowest BCUT2D eigenvalue weighted by Crippen LogP contribution is -2.02. The van der Waals surface area contributed by atoms with Crippen molar-refractivity contribution in [3.63, 3.8) is 0 Å². The van der Waals surface area contributed by atoms with Gasteiger partial charge in [0.25, 0.3) is 0 Å². The molecule has 0 atom stereocenters. The molecule has 0 aliphatic heterocycles. The van der Waals surface area contributed by atoms with Crippen molar-refractivity contribution in [3.05, 3.63) is 23.8 Å². The average Bonchev–Trinajstić information content (AvgIpc) is 2.73. The van der Waals surface area contributed by atoms with Gasteiger partial charge in [-0.05, 0) is 13.0 Å². The zero-order valence-corrected chi connectivity index (χ0v) is 8.90. The van der Waals surface area contributed by atoms with E-state index < -0.39 is 0 Å². The van der Waals surface area contributed by atoms with Gasteiger partial charge in [-0.3, -0.25) is 4.68 Å². The lowest BCUT2D eigenvalue weighted by Gasteiger charge is -1.95. The van der Waals surface area contributed by atoms with E-state index in [1.54, 1.807) is 10.9 Å². The number of nitrogens with zero attached hydrogens (tertiary/aromatic N) is 3. The van der Waals surface area contributed by atoms with E-state index in [2.05, 4.69) is 10.1 Å². The van der Waals surface area contributed by atoms with Gasteiger partial charge in [0.15, 0.2) is 11.7 Å². The first-order valence-electron chi connectivity index (χ1n) is 4.86. The number of aromatic nitrogens is 3. The maximum atomic E-state index is 5.55. The molecule has 0 unspecified atom stereocenters. The first-order valence-corrected chi connectivity index (χ1v) is 4.86. The molecule has 0 aliphatic carbocycles. The monoisotopic (exact) mass is 206 g/mol. The van der Waals surface area contributed by atoms with Crippen molar-refractivity contribution in [1.29, 1.82) is 0 Å². The molecule has 5 nitrogen and oxygen atoms in total. The minimum atomic E-state index is 0.546. The summed E-state index contributed by atoms with van der Waals surface area (Å²) in [5, 5.41) is 4.25. The lowest BCUT2D eigenvalue weighted by molar-refractivity contribution is 0.503. The molecule has 0 radical (unpaired) electrons. The number of aryl methyl sites for hydroxylation is 2. The standard InChI is InChI=1S/C10H14N4O/c1-7-5-8(14(2)13-7)9-6-12-10(15-9)3-4-11/h5-6H,3-4,11H2,1-2H3. The summed E-state index contributed by atoms with van der Waals surface area (Å²) in [5.74, 6) is 1.41. The van der Waals surface area contributed by atoms with E-state index in [-0.39, 0.29) is 0 Å². The Bertz CT molecular complexity index is 458. The molecule has 80 valence electrons. The number of rotatable bonds is 3. The van der Waals surface area contributed by atoms with Crippen LogP contribution in [0.5, 0.6) is 0 Å². The van der Waals surface area contributed by atoms with E-state index in [1.165, 1.54) is 0 Å². The third-order valence-electron chi connectivity index (χ3n) is 2.17. The Morgan fingerprint density at radius 1 is 1.53 bits per heavy atom. The summed E-state index contributed by atoms with van der Waals surface area (Å²) < 4.78 is 7.33. The molecule has 2 aromatic heterocycles. The Labute approximate surface area is 87.9 Å². The first-order chi connectivity index (χ1) is 7.20. The highest BCUT2D eigenvalue weighted by molar-refractivity contribution is 5.51. The molecule has 5 heteroatoms. The molecule has 2 N–H and O–H groups in total. The van der Waals surface area contributed by atoms with Crippen molar-refractivity contribution in [2.75, 3.05) is 6.54 Å². The topological polar surface area (TPSA) is 69.9 Å². The van der Waals surface area contributed by atoms with Crippen molar-refractivity contribution >= 4 is 0 Å². The third kappa shape index (κ3) is 1.92. The SMILES string of the molecule is Cc1cc(-c2cnc(CCN)o2)n(C)n1. The fourth-order valence-corrected chi connectivity index (χ4v) is 1.51. The molecular formula is C10H14N4O. The average molecular weight is 206 g/mol. The summed E-state index contributed by atoms with van der Waals surface area (Å²) in [6, 6.07) is 1.97. The number of hydrogen-bond acceptors (Lipinski definition) is 4. The van der Waals surface area contributed by atoms with Gasteiger partial charge >= 0.3 is 0 Å². The quantitative estimate of drug-likeness (QED) is 0.809. The van der Waals surface area contributed by atoms with Gasteiger partial charge in [0, 0.05) is 20.0 Å². The number of hydrogen-bond donors (Lipinski definition) is 1. The normalized spacial score (nSPS) is 10.9. The molecule has 0 fully saturated rings. The molecule has 0 spiro atoms. The van der Waals surface area contributed by atoms with E-state index in [1.807, 2.05) is 20.0 Å². The number of nitrogens with two attached hydrogens (primary N) is 1. The van der Waals surface area contributed by atoms with E-state index in [9.17, 15) is 0 Å². The fourth-order valence-electron chi connectivity index (χ4n) is 1.51. The Morgan fingerprint density at radius 2 is 2.33 bits per heavy atom. The van der Waals surface area contributed by atoms with Crippen LogP contribution in [-0.4, -0.2) is 21.3 Å². The predicted molar refractivity (Wildman–Crippen MR) is 56.2 cm³/mol. The van der Waals surface area contributed by atoms with Gasteiger partial charge in [-0.2, -0.15) is 5.10 Å². The molecule has 0 aromatic carbocycles. The van der Waals surface area contributed by atoms with E-state index in [0.29, 0.717) is 18.9 Å². The van der Waals surface area contributed by atoms with Crippen LogP contribution >= 0.6 is 0 Å². The van der Waals surface area contributed by atoms with Gasteiger partial charge in [-0.15, -0.1) is 0 Å². The van der Waals surface area contributed by atoms with Crippen LogP contribution in [0, 0.1) is 6.92 Å². The fraction of sp³-hybridized carbons (Fsp3) is 0.400. The highest BCUT2D eigenvalue weighted by atomic mass is 16.4. The van der Waals surface area contributed by atoms with Crippen LogP contribution < -0.4 is 5.73 Å². The van der Waals surface area contributed by atoms with Gasteiger partial charge in [0.05, 0.1) is 11.9 Å². The summed E-state index contributed by atoms with van der Waals surface area (Å²) in [5.41, 5.74) is 7.32. The summed E-state index contributed by atoms with van der Waals surface area (Å²) in [6.07, 6.45) is 2.37. The Kier molecular flexibility index (Phi) is 2.55. The maximum Gasteiger partial charge on any atom is 0.196 e. The van der Waals surface area contributed by atoms with Gasteiger partial charge < -0.3 is 10.2 Å². The van der Waals surface area contributed by atoms with E-state index in [0.717, 1.165) is 17.1 Å². The van der Waals surface area contributed by atoms with Crippen LogP contribution in [0.2, 0.25) is 0 Å². The minimum absolute atomic E-state index is 0.546. The first kappa shape index (κ1) is 9.92. The highest BCUT2D eigenvalue weighted by Gasteiger charge is 2.10.